The molecule has 0 amide bonds. The number of nitrogens with one attached hydrogen (secondary N) is 1. The zero-order valence-corrected chi connectivity index (χ0v) is 13.0. The van der Waals surface area contributed by atoms with Gasteiger partial charge in [0.1, 0.15) is 5.82 Å². The normalized spacial score (nSPS) is 11.9. The fourth-order valence-electron chi connectivity index (χ4n) is 2.26. The first-order valence-electron chi connectivity index (χ1n) is 7.08. The number of aryl methyl sites for hydroxylation is 1. The second-order valence-electron chi connectivity index (χ2n) is 5.15. The lowest BCUT2D eigenvalue weighted by atomic mass is 10.2. The average Bonchev–Trinajstić information content (AvgIpc) is 2.95. The smallest absolute Gasteiger partial charge is 0.212 e. The molecule has 5 nitrogen and oxygen atoms in total. The van der Waals surface area contributed by atoms with Gasteiger partial charge in [0.25, 0.3) is 0 Å². The minimum absolute atomic E-state index is 0.0552. The van der Waals surface area contributed by atoms with Crippen molar-refractivity contribution in [2.24, 2.45) is 0 Å². The van der Waals surface area contributed by atoms with Crippen LogP contribution in [0.25, 0.3) is 11.0 Å². The standard InChI is InChI=1S/C16H15FN2O3S/c17-13-5-3-4-12(10-13)11-18-23(20,21)9-8-15-14-6-1-2-7-16(14)22-19-15/h1-7,10,18H,8-9,11H2. The van der Waals surface area contributed by atoms with Crippen molar-refractivity contribution in [1.82, 2.24) is 9.88 Å². The minimum atomic E-state index is -3.49. The van der Waals surface area contributed by atoms with E-state index in [0.29, 0.717) is 16.8 Å². The zero-order chi connectivity index (χ0) is 16.3. The molecule has 3 aromatic rings. The van der Waals surface area contributed by atoms with E-state index in [2.05, 4.69) is 9.88 Å². The number of nitrogens with zero attached hydrogens (tertiary/aromatic N) is 1. The van der Waals surface area contributed by atoms with Crippen molar-refractivity contribution in [1.29, 1.82) is 0 Å². The van der Waals surface area contributed by atoms with Crippen molar-refractivity contribution in [2.75, 3.05) is 5.75 Å². The molecule has 2 aromatic carbocycles. The maximum absolute atomic E-state index is 13.1. The highest BCUT2D eigenvalue weighted by Crippen LogP contribution is 2.18. The summed E-state index contributed by atoms with van der Waals surface area (Å²) in [6.45, 7) is 0.0552. The number of benzene rings is 2. The van der Waals surface area contributed by atoms with Crippen LogP contribution in [-0.4, -0.2) is 19.3 Å². The molecule has 1 N–H and O–H groups in total. The molecular formula is C16H15FN2O3S. The van der Waals surface area contributed by atoms with Crippen molar-refractivity contribution in [3.05, 3.63) is 65.6 Å². The Morgan fingerprint density at radius 3 is 2.78 bits per heavy atom. The summed E-state index contributed by atoms with van der Waals surface area (Å²) in [4.78, 5) is 0. The second kappa shape index (κ2) is 6.47. The van der Waals surface area contributed by atoms with E-state index in [4.69, 9.17) is 4.52 Å². The van der Waals surface area contributed by atoms with Gasteiger partial charge in [0.15, 0.2) is 5.58 Å². The zero-order valence-electron chi connectivity index (χ0n) is 12.2. The van der Waals surface area contributed by atoms with E-state index in [1.165, 1.54) is 12.1 Å². The fourth-order valence-corrected chi connectivity index (χ4v) is 3.25. The Bertz CT molecular complexity index is 922. The molecule has 120 valence electrons. The third-order valence-corrected chi connectivity index (χ3v) is 4.77. The lowest BCUT2D eigenvalue weighted by molar-refractivity contribution is 0.447. The number of halogens is 1. The molecule has 0 unspecified atom stereocenters. The first-order valence-corrected chi connectivity index (χ1v) is 8.74. The molecule has 0 saturated heterocycles. The molecule has 0 aliphatic heterocycles. The molecule has 0 spiro atoms. The van der Waals surface area contributed by atoms with E-state index < -0.39 is 15.8 Å². The highest BCUT2D eigenvalue weighted by atomic mass is 32.2. The molecule has 1 aromatic heterocycles. The first kappa shape index (κ1) is 15.6. The van der Waals surface area contributed by atoms with Gasteiger partial charge in [0, 0.05) is 18.4 Å². The molecule has 0 aliphatic rings. The quantitative estimate of drug-likeness (QED) is 0.752. The fraction of sp³-hybridized carbons (Fsp3) is 0.188. The number of sulfonamides is 1. The Kier molecular flexibility index (Phi) is 4.40. The largest absolute Gasteiger partial charge is 0.356 e. The summed E-state index contributed by atoms with van der Waals surface area (Å²) < 4.78 is 44.8. The topological polar surface area (TPSA) is 72.2 Å². The summed E-state index contributed by atoms with van der Waals surface area (Å²) in [6.07, 6.45) is 0.246. The van der Waals surface area contributed by atoms with Gasteiger partial charge in [0.2, 0.25) is 10.0 Å². The summed E-state index contributed by atoms with van der Waals surface area (Å²) in [5, 5.41) is 4.72. The molecular weight excluding hydrogens is 319 g/mol. The van der Waals surface area contributed by atoms with Crippen LogP contribution in [-0.2, 0) is 23.0 Å². The van der Waals surface area contributed by atoms with Crippen LogP contribution in [0, 0.1) is 5.82 Å². The highest BCUT2D eigenvalue weighted by Gasteiger charge is 2.14. The Hall–Kier alpha value is -2.25. The third kappa shape index (κ3) is 3.94. The minimum Gasteiger partial charge on any atom is -0.356 e. The molecule has 0 radical (unpaired) electrons. The molecule has 3 rings (SSSR count). The third-order valence-electron chi connectivity index (χ3n) is 3.44. The number of hydrogen-bond donors (Lipinski definition) is 1. The molecule has 0 atom stereocenters. The summed E-state index contributed by atoms with van der Waals surface area (Å²) in [6, 6.07) is 13.1. The van der Waals surface area contributed by atoms with Crippen molar-refractivity contribution < 1.29 is 17.3 Å². The molecule has 23 heavy (non-hydrogen) atoms. The van der Waals surface area contributed by atoms with E-state index in [0.717, 1.165) is 5.39 Å². The predicted octanol–water partition coefficient (Wildman–Crippen LogP) is 2.63. The van der Waals surface area contributed by atoms with Gasteiger partial charge in [-0.2, -0.15) is 0 Å². The number of hydrogen-bond acceptors (Lipinski definition) is 4. The predicted molar refractivity (Wildman–Crippen MR) is 84.7 cm³/mol. The lowest BCUT2D eigenvalue weighted by Crippen LogP contribution is -2.27. The maximum Gasteiger partial charge on any atom is 0.212 e. The van der Waals surface area contributed by atoms with Gasteiger partial charge in [0.05, 0.1) is 11.4 Å². The number of para-hydroxylation sites is 1. The summed E-state index contributed by atoms with van der Waals surface area (Å²) in [5.41, 5.74) is 1.81. The van der Waals surface area contributed by atoms with Crippen LogP contribution in [0.4, 0.5) is 4.39 Å². The highest BCUT2D eigenvalue weighted by molar-refractivity contribution is 7.89. The average molecular weight is 334 g/mol. The van der Waals surface area contributed by atoms with Crippen LogP contribution in [0.2, 0.25) is 0 Å². The van der Waals surface area contributed by atoms with E-state index in [-0.39, 0.29) is 18.7 Å². The monoisotopic (exact) mass is 334 g/mol. The van der Waals surface area contributed by atoms with Crippen LogP contribution in [0.5, 0.6) is 0 Å². The van der Waals surface area contributed by atoms with Gasteiger partial charge >= 0.3 is 0 Å². The molecule has 1 heterocycles. The Morgan fingerprint density at radius 1 is 1.13 bits per heavy atom. The lowest BCUT2D eigenvalue weighted by Gasteiger charge is -2.06. The molecule has 0 fully saturated rings. The first-order chi connectivity index (χ1) is 11.0. The van der Waals surface area contributed by atoms with E-state index >= 15 is 0 Å². The van der Waals surface area contributed by atoms with Gasteiger partial charge in [-0.1, -0.05) is 29.4 Å². The van der Waals surface area contributed by atoms with E-state index in [1.54, 1.807) is 18.2 Å². The van der Waals surface area contributed by atoms with Crippen LogP contribution >= 0.6 is 0 Å². The second-order valence-corrected chi connectivity index (χ2v) is 7.07. The summed E-state index contributed by atoms with van der Waals surface area (Å²) in [7, 11) is -3.49. The van der Waals surface area contributed by atoms with Gasteiger partial charge in [-0.25, -0.2) is 17.5 Å². The van der Waals surface area contributed by atoms with Gasteiger partial charge in [-0.05, 0) is 29.8 Å². The SMILES string of the molecule is O=S(=O)(CCc1noc2ccccc12)NCc1cccc(F)c1. The van der Waals surface area contributed by atoms with Crippen LogP contribution in [0.15, 0.2) is 53.1 Å². The van der Waals surface area contributed by atoms with Crippen LogP contribution < -0.4 is 4.72 Å². The van der Waals surface area contributed by atoms with E-state index in [9.17, 15) is 12.8 Å². The number of rotatable bonds is 6. The number of fused-ring (bicyclic) bond motifs is 1. The van der Waals surface area contributed by atoms with Crippen molar-refractivity contribution in [2.45, 2.75) is 13.0 Å². The summed E-state index contributed by atoms with van der Waals surface area (Å²) >= 11 is 0. The summed E-state index contributed by atoms with van der Waals surface area (Å²) in [5.74, 6) is -0.505. The van der Waals surface area contributed by atoms with Crippen molar-refractivity contribution in [3.63, 3.8) is 0 Å². The van der Waals surface area contributed by atoms with Crippen LogP contribution in [0.3, 0.4) is 0 Å². The van der Waals surface area contributed by atoms with Crippen molar-refractivity contribution in [3.8, 4) is 0 Å². The Labute approximate surface area is 133 Å². The number of aromatic nitrogens is 1. The van der Waals surface area contributed by atoms with Crippen LogP contribution in [0.1, 0.15) is 11.3 Å². The molecule has 0 aliphatic carbocycles. The van der Waals surface area contributed by atoms with Gasteiger partial charge in [-0.3, -0.25) is 0 Å². The van der Waals surface area contributed by atoms with E-state index in [1.807, 2.05) is 18.2 Å². The Morgan fingerprint density at radius 2 is 1.96 bits per heavy atom. The molecule has 0 saturated carbocycles. The Balaban J connectivity index is 1.62. The van der Waals surface area contributed by atoms with Crippen molar-refractivity contribution >= 4 is 21.0 Å². The molecule has 0 bridgehead atoms. The maximum atomic E-state index is 13.1. The molecule has 7 heteroatoms. The van der Waals surface area contributed by atoms with Gasteiger partial charge < -0.3 is 4.52 Å². The van der Waals surface area contributed by atoms with Gasteiger partial charge in [-0.15, -0.1) is 0 Å².